The molecule has 5 nitrogen and oxygen atoms in total. The van der Waals surface area contributed by atoms with E-state index in [1.54, 1.807) is 11.3 Å². The van der Waals surface area contributed by atoms with Crippen molar-refractivity contribution in [3.05, 3.63) is 21.9 Å². The van der Waals surface area contributed by atoms with Gasteiger partial charge < -0.3 is 9.64 Å². The van der Waals surface area contributed by atoms with Gasteiger partial charge >= 0.3 is 5.97 Å². The van der Waals surface area contributed by atoms with Gasteiger partial charge in [-0.3, -0.25) is 14.5 Å². The van der Waals surface area contributed by atoms with Gasteiger partial charge in [-0.2, -0.15) is 0 Å². The average molecular weight is 310 g/mol. The Labute approximate surface area is 129 Å². The van der Waals surface area contributed by atoms with E-state index in [1.807, 2.05) is 16.8 Å². The van der Waals surface area contributed by atoms with Gasteiger partial charge in [0.25, 0.3) is 0 Å². The Balaban J connectivity index is 1.73. The molecule has 1 amide bonds. The molecule has 1 aromatic rings. The van der Waals surface area contributed by atoms with Crippen molar-refractivity contribution in [2.75, 3.05) is 33.8 Å². The fourth-order valence-electron chi connectivity index (χ4n) is 2.47. The quantitative estimate of drug-likeness (QED) is 0.748. The zero-order valence-electron chi connectivity index (χ0n) is 12.6. The molecule has 0 aromatic carbocycles. The van der Waals surface area contributed by atoms with E-state index < -0.39 is 0 Å². The average Bonchev–Trinajstić information content (AvgIpc) is 2.94. The fraction of sp³-hybridized carbons (Fsp3) is 0.600. The van der Waals surface area contributed by atoms with E-state index in [-0.39, 0.29) is 11.9 Å². The number of methoxy groups -OCH3 is 1. The molecule has 0 spiro atoms. The number of amides is 1. The molecular weight excluding hydrogens is 288 g/mol. The van der Waals surface area contributed by atoms with Gasteiger partial charge in [0, 0.05) is 24.4 Å². The molecule has 0 saturated carbocycles. The Morgan fingerprint density at radius 2 is 2.29 bits per heavy atom. The van der Waals surface area contributed by atoms with Crippen LogP contribution < -0.4 is 0 Å². The highest BCUT2D eigenvalue weighted by molar-refractivity contribution is 7.10. The summed E-state index contributed by atoms with van der Waals surface area (Å²) in [5.74, 6) is -0.0387. The first-order chi connectivity index (χ1) is 10.1. The largest absolute Gasteiger partial charge is 0.469 e. The number of rotatable bonds is 6. The van der Waals surface area contributed by atoms with E-state index in [9.17, 15) is 9.59 Å². The highest BCUT2D eigenvalue weighted by Gasteiger charge is 2.22. The first-order valence-electron chi connectivity index (χ1n) is 7.18. The number of thiophene rings is 1. The molecule has 1 aromatic heterocycles. The number of esters is 1. The molecule has 0 atom stereocenters. The van der Waals surface area contributed by atoms with Crippen LogP contribution in [0.4, 0.5) is 0 Å². The minimum absolute atomic E-state index is 0.160. The topological polar surface area (TPSA) is 49.9 Å². The second kappa shape index (κ2) is 7.56. The summed E-state index contributed by atoms with van der Waals surface area (Å²) in [4.78, 5) is 28.6. The van der Waals surface area contributed by atoms with Crippen molar-refractivity contribution in [1.82, 2.24) is 9.80 Å². The third kappa shape index (κ3) is 4.54. The lowest BCUT2D eigenvalue weighted by atomic mass is 10.1. The van der Waals surface area contributed by atoms with Crippen molar-refractivity contribution in [1.29, 1.82) is 0 Å². The van der Waals surface area contributed by atoms with E-state index in [2.05, 4.69) is 16.2 Å². The van der Waals surface area contributed by atoms with Gasteiger partial charge in [-0.15, -0.1) is 11.3 Å². The maximum absolute atomic E-state index is 12.3. The number of hydrogen-bond acceptors (Lipinski definition) is 5. The van der Waals surface area contributed by atoms with Crippen LogP contribution >= 0.6 is 11.3 Å². The van der Waals surface area contributed by atoms with Crippen LogP contribution in [-0.4, -0.2) is 55.5 Å². The molecular formula is C15H22N2O3S. The van der Waals surface area contributed by atoms with Crippen molar-refractivity contribution in [2.45, 2.75) is 25.8 Å². The molecule has 0 N–H and O–H groups in total. The second-order valence-corrected chi connectivity index (χ2v) is 6.35. The molecule has 2 heterocycles. The van der Waals surface area contributed by atoms with Crippen molar-refractivity contribution in [3.8, 4) is 0 Å². The Bertz CT molecular complexity index is 501. The molecule has 2 rings (SSSR count). The molecule has 0 fully saturated rings. The fourth-order valence-corrected chi connectivity index (χ4v) is 3.36. The molecule has 21 heavy (non-hydrogen) atoms. The monoisotopic (exact) mass is 310 g/mol. The predicted molar refractivity (Wildman–Crippen MR) is 82.2 cm³/mol. The minimum atomic E-state index is -0.198. The SMILES string of the molecule is COC(=O)CCCN(C)CC(=O)N1CCc2sccc2C1. The van der Waals surface area contributed by atoms with E-state index >= 15 is 0 Å². The molecule has 0 unspecified atom stereocenters. The summed E-state index contributed by atoms with van der Waals surface area (Å²) in [6.45, 7) is 2.66. The first kappa shape index (κ1) is 16.0. The van der Waals surface area contributed by atoms with Gasteiger partial charge in [0.1, 0.15) is 0 Å². The van der Waals surface area contributed by atoms with Gasteiger partial charge in [-0.1, -0.05) is 0 Å². The lowest BCUT2D eigenvalue weighted by Gasteiger charge is -2.28. The second-order valence-electron chi connectivity index (χ2n) is 5.35. The number of ether oxygens (including phenoxy) is 1. The van der Waals surface area contributed by atoms with Crippen molar-refractivity contribution in [2.24, 2.45) is 0 Å². The van der Waals surface area contributed by atoms with Crippen LogP contribution in [0, 0.1) is 0 Å². The van der Waals surface area contributed by atoms with Crippen LogP contribution in [0.15, 0.2) is 11.4 Å². The van der Waals surface area contributed by atoms with Crippen LogP contribution in [0.1, 0.15) is 23.3 Å². The maximum atomic E-state index is 12.3. The molecule has 6 heteroatoms. The molecule has 0 aliphatic carbocycles. The van der Waals surface area contributed by atoms with Crippen LogP contribution in [-0.2, 0) is 27.3 Å². The standard InChI is InChI=1S/C15H22N2O3S/c1-16(7-3-4-15(19)20-2)11-14(18)17-8-5-13-12(10-17)6-9-21-13/h6,9H,3-5,7-8,10-11H2,1-2H3. The smallest absolute Gasteiger partial charge is 0.305 e. The van der Waals surface area contributed by atoms with Gasteiger partial charge in [-0.05, 0) is 43.4 Å². The van der Waals surface area contributed by atoms with Crippen LogP contribution in [0.5, 0.6) is 0 Å². The Morgan fingerprint density at radius 1 is 1.48 bits per heavy atom. The van der Waals surface area contributed by atoms with E-state index in [1.165, 1.54) is 17.6 Å². The van der Waals surface area contributed by atoms with Crippen LogP contribution in [0.25, 0.3) is 0 Å². The molecule has 0 saturated heterocycles. The summed E-state index contributed by atoms with van der Waals surface area (Å²) in [5.41, 5.74) is 1.29. The molecule has 116 valence electrons. The van der Waals surface area contributed by atoms with E-state index in [0.29, 0.717) is 19.4 Å². The number of nitrogens with zero attached hydrogens (tertiary/aromatic N) is 2. The van der Waals surface area contributed by atoms with Crippen LogP contribution in [0.2, 0.25) is 0 Å². The van der Waals surface area contributed by atoms with Gasteiger partial charge in [0.05, 0.1) is 13.7 Å². The van der Waals surface area contributed by atoms with Crippen molar-refractivity contribution < 1.29 is 14.3 Å². The third-order valence-corrected chi connectivity index (χ3v) is 4.74. The van der Waals surface area contributed by atoms with Crippen LogP contribution in [0.3, 0.4) is 0 Å². The van der Waals surface area contributed by atoms with E-state index in [0.717, 1.165) is 26.1 Å². The zero-order chi connectivity index (χ0) is 15.2. The Morgan fingerprint density at radius 3 is 3.05 bits per heavy atom. The Kier molecular flexibility index (Phi) is 5.76. The van der Waals surface area contributed by atoms with Gasteiger partial charge in [0.15, 0.2) is 0 Å². The number of hydrogen-bond donors (Lipinski definition) is 0. The lowest BCUT2D eigenvalue weighted by Crippen LogP contribution is -2.41. The maximum Gasteiger partial charge on any atom is 0.305 e. The molecule has 1 aliphatic heterocycles. The minimum Gasteiger partial charge on any atom is -0.469 e. The predicted octanol–water partition coefficient (Wildman–Crippen LogP) is 1.52. The summed E-state index contributed by atoms with van der Waals surface area (Å²) in [7, 11) is 3.31. The molecule has 0 radical (unpaired) electrons. The first-order valence-corrected chi connectivity index (χ1v) is 8.06. The number of carbonyl (C=O) groups excluding carboxylic acids is 2. The third-order valence-electron chi connectivity index (χ3n) is 3.71. The summed E-state index contributed by atoms with van der Waals surface area (Å²) >= 11 is 1.78. The normalized spacial score (nSPS) is 14.1. The number of carbonyl (C=O) groups is 2. The van der Waals surface area contributed by atoms with Gasteiger partial charge in [-0.25, -0.2) is 0 Å². The summed E-state index contributed by atoms with van der Waals surface area (Å²) in [6, 6.07) is 2.11. The summed E-state index contributed by atoms with van der Waals surface area (Å²) < 4.78 is 4.60. The lowest BCUT2D eigenvalue weighted by molar-refractivity contribution is -0.140. The molecule has 1 aliphatic rings. The number of fused-ring (bicyclic) bond motifs is 1. The highest BCUT2D eigenvalue weighted by Crippen LogP contribution is 2.23. The van der Waals surface area contributed by atoms with Gasteiger partial charge in [0.2, 0.25) is 5.91 Å². The Hall–Kier alpha value is -1.40. The van der Waals surface area contributed by atoms with Crippen molar-refractivity contribution in [3.63, 3.8) is 0 Å². The molecule has 0 bridgehead atoms. The zero-order valence-corrected chi connectivity index (χ0v) is 13.4. The van der Waals surface area contributed by atoms with E-state index in [4.69, 9.17) is 0 Å². The number of likely N-dealkylation sites (N-methyl/N-ethyl adjacent to an activating group) is 1. The summed E-state index contributed by atoms with van der Waals surface area (Å²) in [5, 5.41) is 2.09. The van der Waals surface area contributed by atoms with Crippen molar-refractivity contribution >= 4 is 23.2 Å². The highest BCUT2D eigenvalue weighted by atomic mass is 32.1. The summed E-state index contributed by atoms with van der Waals surface area (Å²) in [6.07, 6.45) is 2.08.